The van der Waals surface area contributed by atoms with Crippen molar-refractivity contribution in [1.29, 1.82) is 0 Å². The molecule has 0 aromatic carbocycles. The summed E-state index contributed by atoms with van der Waals surface area (Å²) in [6.07, 6.45) is 0. The molecule has 1 aromatic heterocycles. The van der Waals surface area contributed by atoms with Crippen molar-refractivity contribution < 1.29 is 4.39 Å². The van der Waals surface area contributed by atoms with E-state index in [1.165, 1.54) is 0 Å². The zero-order chi connectivity index (χ0) is 10.7. The smallest absolute Gasteiger partial charge is 0.110 e. The Balaban J connectivity index is 2.12. The van der Waals surface area contributed by atoms with Crippen molar-refractivity contribution in [3.8, 4) is 0 Å². The molecule has 2 heterocycles. The number of hydrogen-bond acceptors (Lipinski definition) is 3. The highest BCUT2D eigenvalue weighted by Gasteiger charge is 2.24. The fraction of sp³-hybridized carbons (Fsp3) is 0.600. The molecule has 0 radical (unpaired) electrons. The van der Waals surface area contributed by atoms with Gasteiger partial charge in [0.2, 0.25) is 0 Å². The molecule has 1 aliphatic rings. The molecule has 1 saturated heterocycles. The molecule has 0 spiro atoms. The first-order valence-electron chi connectivity index (χ1n) is 5.06. The number of nitrogens with one attached hydrogen (secondary N) is 1. The minimum atomic E-state index is -0.306. The van der Waals surface area contributed by atoms with Gasteiger partial charge in [-0.1, -0.05) is 0 Å². The van der Waals surface area contributed by atoms with E-state index in [4.69, 9.17) is 0 Å². The number of thiophene rings is 1. The van der Waals surface area contributed by atoms with Crippen molar-refractivity contribution >= 4 is 27.3 Å². The number of nitrogens with zero attached hydrogens (tertiary/aromatic N) is 1. The Hall–Kier alpha value is 0.0300. The highest BCUT2D eigenvalue weighted by Crippen LogP contribution is 2.33. The highest BCUT2D eigenvalue weighted by molar-refractivity contribution is 9.10. The number of alkyl halides is 1. The molecule has 0 amide bonds. The minimum absolute atomic E-state index is 0.0681. The van der Waals surface area contributed by atoms with Gasteiger partial charge < -0.3 is 5.32 Å². The van der Waals surface area contributed by atoms with Crippen molar-refractivity contribution in [2.24, 2.45) is 0 Å². The van der Waals surface area contributed by atoms with Gasteiger partial charge in [0.25, 0.3) is 0 Å². The van der Waals surface area contributed by atoms with Gasteiger partial charge in [-0.25, -0.2) is 4.39 Å². The molecule has 15 heavy (non-hydrogen) atoms. The zero-order valence-electron chi connectivity index (χ0n) is 8.38. The largest absolute Gasteiger partial charge is 0.314 e. The molecule has 1 fully saturated rings. The third-order valence-corrected chi connectivity index (χ3v) is 4.66. The van der Waals surface area contributed by atoms with Gasteiger partial charge in [-0.05, 0) is 27.4 Å². The summed E-state index contributed by atoms with van der Waals surface area (Å²) in [5, 5.41) is 5.29. The molecule has 5 heteroatoms. The summed E-state index contributed by atoms with van der Waals surface area (Å²) in [6.45, 7) is 3.47. The monoisotopic (exact) mass is 292 g/mol. The Morgan fingerprint density at radius 3 is 2.80 bits per heavy atom. The van der Waals surface area contributed by atoms with E-state index in [-0.39, 0.29) is 12.7 Å². The van der Waals surface area contributed by atoms with Crippen molar-refractivity contribution in [1.82, 2.24) is 10.2 Å². The summed E-state index contributed by atoms with van der Waals surface area (Å²) in [5.74, 6) is 0. The predicted molar refractivity (Wildman–Crippen MR) is 65.2 cm³/mol. The second-order valence-corrected chi connectivity index (χ2v) is 5.39. The van der Waals surface area contributed by atoms with Crippen LogP contribution in [0, 0.1) is 0 Å². The summed E-state index contributed by atoms with van der Waals surface area (Å²) in [5.41, 5.74) is 0. The van der Waals surface area contributed by atoms with Crippen LogP contribution < -0.4 is 5.32 Å². The van der Waals surface area contributed by atoms with Gasteiger partial charge in [0, 0.05) is 35.5 Å². The highest BCUT2D eigenvalue weighted by atomic mass is 79.9. The molecule has 1 aliphatic heterocycles. The lowest BCUT2D eigenvalue weighted by atomic mass is 10.2. The van der Waals surface area contributed by atoms with Gasteiger partial charge in [-0.2, -0.15) is 0 Å². The van der Waals surface area contributed by atoms with Crippen molar-refractivity contribution in [2.75, 3.05) is 32.9 Å². The lowest BCUT2D eigenvalue weighted by Gasteiger charge is -2.33. The van der Waals surface area contributed by atoms with Crippen LogP contribution in [-0.4, -0.2) is 37.8 Å². The predicted octanol–water partition coefficient (Wildman–Crippen LogP) is 2.43. The summed E-state index contributed by atoms with van der Waals surface area (Å²) >= 11 is 5.10. The van der Waals surface area contributed by atoms with Crippen LogP contribution >= 0.6 is 27.3 Å². The van der Waals surface area contributed by atoms with Crippen molar-refractivity contribution in [2.45, 2.75) is 6.04 Å². The van der Waals surface area contributed by atoms with Crippen molar-refractivity contribution in [3.05, 3.63) is 20.8 Å². The SMILES string of the molecule is FC[C@@H](c1sccc1Br)N1CCNCC1. The molecule has 2 rings (SSSR count). The van der Waals surface area contributed by atoms with Crippen LogP contribution in [0.2, 0.25) is 0 Å². The first-order valence-corrected chi connectivity index (χ1v) is 6.74. The molecule has 0 saturated carbocycles. The van der Waals surface area contributed by atoms with E-state index in [0.717, 1.165) is 35.5 Å². The van der Waals surface area contributed by atoms with Gasteiger partial charge in [-0.15, -0.1) is 11.3 Å². The van der Waals surface area contributed by atoms with E-state index in [1.54, 1.807) is 11.3 Å². The summed E-state index contributed by atoms with van der Waals surface area (Å²) < 4.78 is 14.1. The van der Waals surface area contributed by atoms with Crippen LogP contribution in [0.4, 0.5) is 4.39 Å². The van der Waals surface area contributed by atoms with Gasteiger partial charge in [0.1, 0.15) is 6.67 Å². The maximum atomic E-state index is 13.1. The second-order valence-electron chi connectivity index (χ2n) is 3.59. The second kappa shape index (κ2) is 5.39. The summed E-state index contributed by atoms with van der Waals surface area (Å²) in [6, 6.07) is 1.92. The Morgan fingerprint density at radius 1 is 1.53 bits per heavy atom. The van der Waals surface area contributed by atoms with Crippen LogP contribution in [0.25, 0.3) is 0 Å². The zero-order valence-corrected chi connectivity index (χ0v) is 10.8. The van der Waals surface area contributed by atoms with Crippen LogP contribution in [0.15, 0.2) is 15.9 Å². The van der Waals surface area contributed by atoms with Crippen LogP contribution in [0.5, 0.6) is 0 Å². The summed E-state index contributed by atoms with van der Waals surface area (Å²) in [4.78, 5) is 3.33. The van der Waals surface area contributed by atoms with Crippen molar-refractivity contribution in [3.63, 3.8) is 0 Å². The van der Waals surface area contributed by atoms with Crippen LogP contribution in [0.1, 0.15) is 10.9 Å². The topological polar surface area (TPSA) is 15.3 Å². The minimum Gasteiger partial charge on any atom is -0.314 e. The Morgan fingerprint density at radius 2 is 2.27 bits per heavy atom. The first kappa shape index (κ1) is 11.5. The molecule has 1 aromatic rings. The molecule has 1 N–H and O–H groups in total. The third kappa shape index (κ3) is 2.58. The fourth-order valence-electron chi connectivity index (χ4n) is 1.87. The molecule has 2 nitrogen and oxygen atoms in total. The average Bonchev–Trinajstić information content (AvgIpc) is 2.68. The molecule has 1 atom stereocenters. The van der Waals surface area contributed by atoms with E-state index in [0.29, 0.717) is 0 Å². The Kier molecular flexibility index (Phi) is 4.13. The van der Waals surface area contributed by atoms with Gasteiger partial charge >= 0.3 is 0 Å². The number of rotatable bonds is 3. The quantitative estimate of drug-likeness (QED) is 0.921. The average molecular weight is 293 g/mol. The fourth-order valence-corrected chi connectivity index (χ4v) is 3.62. The molecular weight excluding hydrogens is 279 g/mol. The van der Waals surface area contributed by atoms with E-state index < -0.39 is 0 Å². The van der Waals surface area contributed by atoms with E-state index >= 15 is 0 Å². The van der Waals surface area contributed by atoms with Gasteiger partial charge in [0.05, 0.1) is 6.04 Å². The third-order valence-electron chi connectivity index (χ3n) is 2.69. The maximum Gasteiger partial charge on any atom is 0.110 e. The number of hydrogen-bond donors (Lipinski definition) is 1. The van der Waals surface area contributed by atoms with Gasteiger partial charge in [-0.3, -0.25) is 4.90 Å². The molecule has 0 bridgehead atoms. The number of piperazine rings is 1. The normalized spacial score (nSPS) is 20.4. The van der Waals surface area contributed by atoms with Crippen LogP contribution in [-0.2, 0) is 0 Å². The maximum absolute atomic E-state index is 13.1. The molecular formula is C10H14BrFN2S. The lowest BCUT2D eigenvalue weighted by Crippen LogP contribution is -2.45. The molecule has 84 valence electrons. The van der Waals surface area contributed by atoms with Crippen LogP contribution in [0.3, 0.4) is 0 Å². The Bertz CT molecular complexity index is 312. The van der Waals surface area contributed by atoms with Gasteiger partial charge in [0.15, 0.2) is 0 Å². The van der Waals surface area contributed by atoms with E-state index in [2.05, 4.69) is 26.1 Å². The van der Waals surface area contributed by atoms with E-state index in [1.807, 2.05) is 11.4 Å². The van der Waals surface area contributed by atoms with E-state index in [9.17, 15) is 4.39 Å². The molecule has 0 unspecified atom stereocenters. The standard InChI is InChI=1S/C10H14BrFN2S/c11-8-1-6-15-10(8)9(7-12)14-4-2-13-3-5-14/h1,6,9,13H,2-5,7H2/t9-/m0/s1. The first-order chi connectivity index (χ1) is 7.33. The summed E-state index contributed by atoms with van der Waals surface area (Å²) in [7, 11) is 0. The Labute approximate surface area is 102 Å². The molecule has 0 aliphatic carbocycles. The lowest BCUT2D eigenvalue weighted by molar-refractivity contribution is 0.149. The number of halogens is 2.